The summed E-state index contributed by atoms with van der Waals surface area (Å²) < 4.78 is 28.3. The van der Waals surface area contributed by atoms with Crippen LogP contribution in [0.15, 0.2) is 0 Å². The third-order valence-electron chi connectivity index (χ3n) is 3.19. The van der Waals surface area contributed by atoms with Crippen LogP contribution in [0, 0.1) is 0 Å². The molecule has 1 aliphatic rings. The highest BCUT2D eigenvalue weighted by molar-refractivity contribution is 7.87. The van der Waals surface area contributed by atoms with E-state index in [1.165, 1.54) is 4.31 Å². The van der Waals surface area contributed by atoms with Gasteiger partial charge in [-0.25, -0.2) is 0 Å². The lowest BCUT2D eigenvalue weighted by atomic mass is 9.99. The summed E-state index contributed by atoms with van der Waals surface area (Å²) in [6.07, 6.45) is 3.00. The second-order valence-corrected chi connectivity index (χ2v) is 6.75. The maximum absolute atomic E-state index is 12.1. The van der Waals surface area contributed by atoms with E-state index in [1.807, 2.05) is 0 Å². The van der Waals surface area contributed by atoms with Crippen LogP contribution in [0.4, 0.5) is 0 Å². The normalized spacial score (nSPS) is 22.0. The third-order valence-corrected chi connectivity index (χ3v) is 5.01. The van der Waals surface area contributed by atoms with Crippen LogP contribution in [-0.4, -0.2) is 37.4 Å². The lowest BCUT2D eigenvalue weighted by Gasteiger charge is -2.34. The molecule has 6 heteroatoms. The first-order chi connectivity index (χ1) is 7.26. The Morgan fingerprint density at radius 3 is 2.19 bits per heavy atom. The average Bonchev–Trinajstić information content (AvgIpc) is 2.17. The van der Waals surface area contributed by atoms with Crippen LogP contribution in [-0.2, 0) is 10.2 Å². The second kappa shape index (κ2) is 5.00. The Hall–Kier alpha value is -0.170. The zero-order valence-corrected chi connectivity index (χ0v) is 11.2. The van der Waals surface area contributed by atoms with Crippen molar-refractivity contribution in [2.24, 2.45) is 5.73 Å². The van der Waals surface area contributed by atoms with Crippen molar-refractivity contribution in [3.8, 4) is 0 Å². The Morgan fingerprint density at radius 2 is 1.75 bits per heavy atom. The molecule has 1 atom stereocenters. The summed E-state index contributed by atoms with van der Waals surface area (Å²) in [5, 5.41) is 0. The van der Waals surface area contributed by atoms with Gasteiger partial charge in [-0.1, -0.05) is 6.42 Å². The minimum absolute atomic E-state index is 0.230. The molecule has 5 nitrogen and oxygen atoms in total. The number of nitrogens with one attached hydrogen (secondary N) is 1. The van der Waals surface area contributed by atoms with Crippen molar-refractivity contribution < 1.29 is 8.42 Å². The van der Waals surface area contributed by atoms with Gasteiger partial charge in [0.05, 0.1) is 0 Å². The standard InChI is InChI=1S/C10H23N3O2S/c1-9(11)10(2,3)12-16(14,15)13-7-5-4-6-8-13/h9,12H,4-8,11H2,1-3H3. The molecular formula is C10H23N3O2S. The Morgan fingerprint density at radius 1 is 1.25 bits per heavy atom. The average molecular weight is 249 g/mol. The van der Waals surface area contributed by atoms with E-state index in [0.29, 0.717) is 13.1 Å². The van der Waals surface area contributed by atoms with E-state index < -0.39 is 15.7 Å². The third kappa shape index (κ3) is 3.41. The summed E-state index contributed by atoms with van der Waals surface area (Å²) >= 11 is 0. The first kappa shape index (κ1) is 13.9. The molecule has 0 aromatic heterocycles. The monoisotopic (exact) mass is 249 g/mol. The molecular weight excluding hydrogens is 226 g/mol. The van der Waals surface area contributed by atoms with Crippen LogP contribution >= 0.6 is 0 Å². The van der Waals surface area contributed by atoms with Crippen molar-refractivity contribution in [3.63, 3.8) is 0 Å². The Kier molecular flexibility index (Phi) is 4.34. The lowest BCUT2D eigenvalue weighted by Crippen LogP contribution is -2.58. The molecule has 1 aliphatic heterocycles. The fourth-order valence-electron chi connectivity index (χ4n) is 1.60. The first-order valence-electron chi connectivity index (χ1n) is 5.80. The van der Waals surface area contributed by atoms with Gasteiger partial charge in [0.15, 0.2) is 0 Å². The van der Waals surface area contributed by atoms with E-state index in [-0.39, 0.29) is 6.04 Å². The SMILES string of the molecule is CC(N)C(C)(C)NS(=O)(=O)N1CCCCC1. The van der Waals surface area contributed by atoms with Gasteiger partial charge in [0, 0.05) is 24.7 Å². The molecule has 1 heterocycles. The second-order valence-electron chi connectivity index (χ2n) is 5.08. The van der Waals surface area contributed by atoms with E-state index in [9.17, 15) is 8.42 Å². The summed E-state index contributed by atoms with van der Waals surface area (Å²) in [6.45, 7) is 6.64. The van der Waals surface area contributed by atoms with Gasteiger partial charge in [-0.2, -0.15) is 17.4 Å². The van der Waals surface area contributed by atoms with Gasteiger partial charge >= 0.3 is 0 Å². The van der Waals surface area contributed by atoms with Crippen LogP contribution in [0.5, 0.6) is 0 Å². The maximum Gasteiger partial charge on any atom is 0.279 e. The predicted octanol–water partition coefficient (Wildman–Crippen LogP) is 0.433. The molecule has 0 amide bonds. The molecule has 1 fully saturated rings. The smallest absolute Gasteiger partial charge is 0.279 e. The van der Waals surface area contributed by atoms with E-state index in [0.717, 1.165) is 19.3 Å². The molecule has 1 rings (SSSR count). The maximum atomic E-state index is 12.1. The molecule has 0 spiro atoms. The zero-order valence-electron chi connectivity index (χ0n) is 10.4. The summed E-state index contributed by atoms with van der Waals surface area (Å²) in [6, 6.07) is -0.230. The molecule has 0 aliphatic carbocycles. The van der Waals surface area contributed by atoms with Gasteiger partial charge in [0.25, 0.3) is 10.2 Å². The van der Waals surface area contributed by atoms with Crippen molar-refractivity contribution in [1.29, 1.82) is 0 Å². The minimum Gasteiger partial charge on any atom is -0.326 e. The lowest BCUT2D eigenvalue weighted by molar-refractivity contribution is 0.319. The molecule has 1 saturated heterocycles. The summed E-state index contributed by atoms with van der Waals surface area (Å²) in [5.41, 5.74) is 5.15. The van der Waals surface area contributed by atoms with Crippen LogP contribution in [0.2, 0.25) is 0 Å². The van der Waals surface area contributed by atoms with Crippen molar-refractivity contribution >= 4 is 10.2 Å². The van der Waals surface area contributed by atoms with Crippen LogP contribution in [0.1, 0.15) is 40.0 Å². The van der Waals surface area contributed by atoms with Gasteiger partial charge in [0.2, 0.25) is 0 Å². The fraction of sp³-hybridized carbons (Fsp3) is 1.00. The number of nitrogens with zero attached hydrogens (tertiary/aromatic N) is 1. The Balaban J connectivity index is 2.71. The fourth-order valence-corrected chi connectivity index (χ4v) is 3.31. The highest BCUT2D eigenvalue weighted by atomic mass is 32.2. The zero-order chi connectivity index (χ0) is 12.4. The molecule has 16 heavy (non-hydrogen) atoms. The quantitative estimate of drug-likeness (QED) is 0.759. The Labute approximate surface area is 98.6 Å². The highest BCUT2D eigenvalue weighted by Crippen LogP contribution is 2.15. The Bertz CT molecular complexity index is 319. The molecule has 0 radical (unpaired) electrons. The number of hydrogen-bond donors (Lipinski definition) is 2. The van der Waals surface area contributed by atoms with E-state index in [4.69, 9.17) is 5.73 Å². The van der Waals surface area contributed by atoms with Gasteiger partial charge in [-0.3, -0.25) is 0 Å². The van der Waals surface area contributed by atoms with Crippen molar-refractivity contribution in [3.05, 3.63) is 0 Å². The van der Waals surface area contributed by atoms with Crippen molar-refractivity contribution in [2.75, 3.05) is 13.1 Å². The van der Waals surface area contributed by atoms with Crippen molar-refractivity contribution in [1.82, 2.24) is 9.03 Å². The molecule has 96 valence electrons. The van der Waals surface area contributed by atoms with E-state index in [2.05, 4.69) is 4.72 Å². The summed E-state index contributed by atoms with van der Waals surface area (Å²) in [7, 11) is -3.38. The van der Waals surface area contributed by atoms with Crippen LogP contribution < -0.4 is 10.5 Å². The van der Waals surface area contributed by atoms with Gasteiger partial charge < -0.3 is 5.73 Å². The summed E-state index contributed by atoms with van der Waals surface area (Å²) in [4.78, 5) is 0. The van der Waals surface area contributed by atoms with Crippen molar-refractivity contribution in [2.45, 2.75) is 51.6 Å². The molecule has 0 bridgehead atoms. The van der Waals surface area contributed by atoms with E-state index >= 15 is 0 Å². The van der Waals surface area contributed by atoms with Gasteiger partial charge in [0.1, 0.15) is 0 Å². The predicted molar refractivity (Wildman–Crippen MR) is 65.2 cm³/mol. The molecule has 0 aromatic carbocycles. The van der Waals surface area contributed by atoms with Crippen LogP contribution in [0.3, 0.4) is 0 Å². The van der Waals surface area contributed by atoms with E-state index in [1.54, 1.807) is 20.8 Å². The molecule has 0 saturated carbocycles. The van der Waals surface area contributed by atoms with Gasteiger partial charge in [-0.15, -0.1) is 0 Å². The summed E-state index contributed by atoms with van der Waals surface area (Å²) in [5.74, 6) is 0. The molecule has 1 unspecified atom stereocenters. The molecule has 0 aromatic rings. The minimum atomic E-state index is -3.38. The molecule has 3 N–H and O–H groups in total. The number of hydrogen-bond acceptors (Lipinski definition) is 3. The number of rotatable bonds is 4. The first-order valence-corrected chi connectivity index (χ1v) is 7.24. The van der Waals surface area contributed by atoms with Gasteiger partial charge in [-0.05, 0) is 33.6 Å². The number of piperidine rings is 1. The topological polar surface area (TPSA) is 75.4 Å². The number of nitrogens with two attached hydrogens (primary N) is 1. The largest absolute Gasteiger partial charge is 0.326 e. The highest BCUT2D eigenvalue weighted by Gasteiger charge is 2.32. The van der Waals surface area contributed by atoms with Crippen LogP contribution in [0.25, 0.3) is 0 Å².